The van der Waals surface area contributed by atoms with Crippen LogP contribution in [0.4, 0.5) is 0 Å². The van der Waals surface area contributed by atoms with Gasteiger partial charge >= 0.3 is 11.9 Å². The van der Waals surface area contributed by atoms with E-state index in [9.17, 15) is 55.5 Å². The normalized spacial score (nSPS) is 30.5. The Kier molecular flexibility index (Phi) is 12.0. The lowest BCUT2D eigenvalue weighted by atomic mass is 9.99. The number of aromatic hydroxyl groups is 3. The van der Waals surface area contributed by atoms with Crippen LogP contribution in [-0.2, 0) is 33.3 Å². The summed E-state index contributed by atoms with van der Waals surface area (Å²) in [5.74, 6) is -5.30. The van der Waals surface area contributed by atoms with Crippen LogP contribution in [0.2, 0.25) is 0 Å². The number of benzene rings is 2. The molecule has 17 heteroatoms. The van der Waals surface area contributed by atoms with Crippen LogP contribution in [0.5, 0.6) is 23.0 Å². The first kappa shape index (κ1) is 36.5. The predicted octanol–water partition coefficient (Wildman–Crippen LogP) is -1.74. The maximum Gasteiger partial charge on any atom is 0.331 e. The highest BCUT2D eigenvalue weighted by molar-refractivity contribution is 5.88. The highest BCUT2D eigenvalue weighted by Crippen LogP contribution is 2.38. The summed E-state index contributed by atoms with van der Waals surface area (Å²) in [7, 11) is 1.33. The fourth-order valence-electron chi connectivity index (χ4n) is 4.91. The molecule has 0 radical (unpaired) electrons. The van der Waals surface area contributed by atoms with E-state index in [1.807, 2.05) is 0 Å². The van der Waals surface area contributed by atoms with Crippen molar-refractivity contribution in [3.8, 4) is 23.0 Å². The third kappa shape index (κ3) is 8.21. The minimum atomic E-state index is -2.48. The molecule has 0 aliphatic carbocycles. The van der Waals surface area contributed by atoms with Crippen molar-refractivity contribution in [1.82, 2.24) is 0 Å². The molecule has 0 amide bonds. The van der Waals surface area contributed by atoms with Crippen molar-refractivity contribution < 1.29 is 84.0 Å². The van der Waals surface area contributed by atoms with Gasteiger partial charge in [-0.1, -0.05) is 12.1 Å². The highest BCUT2D eigenvalue weighted by atomic mass is 16.8. The van der Waals surface area contributed by atoms with Crippen LogP contribution in [0.1, 0.15) is 11.1 Å². The number of phenolic OH excluding ortho intramolecular Hbond substituents is 3. The Bertz CT molecular complexity index is 1490. The lowest BCUT2D eigenvalue weighted by Gasteiger charge is -2.43. The van der Waals surface area contributed by atoms with Gasteiger partial charge in [-0.2, -0.15) is 0 Å². The molecule has 2 aliphatic rings. The molecule has 2 aromatic carbocycles. The van der Waals surface area contributed by atoms with E-state index in [4.69, 9.17) is 28.4 Å². The van der Waals surface area contributed by atoms with Crippen molar-refractivity contribution >= 4 is 24.1 Å². The number of ether oxygens (including phenoxy) is 6. The van der Waals surface area contributed by atoms with Crippen molar-refractivity contribution in [2.45, 2.75) is 54.8 Å². The molecule has 48 heavy (non-hydrogen) atoms. The van der Waals surface area contributed by atoms with Gasteiger partial charge in [0, 0.05) is 12.2 Å². The lowest BCUT2D eigenvalue weighted by molar-refractivity contribution is -0.383. The number of hydrogen-bond donors (Lipinski definition) is 9. The van der Waals surface area contributed by atoms with Gasteiger partial charge in [-0.05, 0) is 47.5 Å². The first-order valence-electron chi connectivity index (χ1n) is 14.4. The van der Waals surface area contributed by atoms with Gasteiger partial charge in [0.15, 0.2) is 35.4 Å². The fraction of sp³-hybridized carbons (Fsp3) is 0.419. The zero-order chi connectivity index (χ0) is 35.2. The summed E-state index contributed by atoms with van der Waals surface area (Å²) in [6.45, 7) is -2.65. The SMILES string of the molecule is COc1cc(C=CC(=O)O[C@H]2[C@H](O)[C@@H](CO)O[C@@]2(CO)O[C@H]2O[C@H](COC(=O)C=Cc3ccc(O)c(O)c3)[C@@H](O)[C@H](O)[C@H]2O)ccc1O. The van der Waals surface area contributed by atoms with E-state index in [0.717, 1.165) is 12.2 Å². The zero-order valence-corrected chi connectivity index (χ0v) is 25.3. The molecule has 4 rings (SSSR count). The van der Waals surface area contributed by atoms with Gasteiger partial charge in [0.1, 0.15) is 49.8 Å². The first-order chi connectivity index (χ1) is 22.8. The van der Waals surface area contributed by atoms with Gasteiger partial charge in [-0.15, -0.1) is 0 Å². The van der Waals surface area contributed by atoms with E-state index in [1.165, 1.54) is 55.7 Å². The number of aliphatic hydroxyl groups is 6. The van der Waals surface area contributed by atoms with E-state index in [-0.39, 0.29) is 17.2 Å². The maximum atomic E-state index is 12.8. The number of carbonyl (C=O) groups is 2. The first-order valence-corrected chi connectivity index (χ1v) is 14.4. The number of methoxy groups -OCH3 is 1. The molecule has 262 valence electrons. The van der Waals surface area contributed by atoms with Crippen molar-refractivity contribution in [3.63, 3.8) is 0 Å². The molecular weight excluding hydrogens is 644 g/mol. The molecule has 9 N–H and O–H groups in total. The molecule has 0 aromatic heterocycles. The Balaban J connectivity index is 1.46. The number of hydrogen-bond acceptors (Lipinski definition) is 17. The van der Waals surface area contributed by atoms with E-state index >= 15 is 0 Å². The summed E-state index contributed by atoms with van der Waals surface area (Å²) in [5, 5.41) is 91.2. The Morgan fingerprint density at radius 2 is 1.46 bits per heavy atom. The molecule has 2 heterocycles. The maximum absolute atomic E-state index is 12.8. The van der Waals surface area contributed by atoms with Crippen LogP contribution >= 0.6 is 0 Å². The summed E-state index contributed by atoms with van der Waals surface area (Å²) >= 11 is 0. The summed E-state index contributed by atoms with van der Waals surface area (Å²) in [4.78, 5) is 25.1. The average Bonchev–Trinajstić information content (AvgIpc) is 3.34. The van der Waals surface area contributed by atoms with Crippen LogP contribution in [0, 0.1) is 0 Å². The minimum absolute atomic E-state index is 0.127. The highest BCUT2D eigenvalue weighted by Gasteiger charge is 2.60. The van der Waals surface area contributed by atoms with E-state index in [0.29, 0.717) is 11.1 Å². The van der Waals surface area contributed by atoms with Gasteiger partial charge in [0.2, 0.25) is 5.79 Å². The summed E-state index contributed by atoms with van der Waals surface area (Å²) < 4.78 is 32.2. The zero-order valence-electron chi connectivity index (χ0n) is 25.3. The second-order valence-electron chi connectivity index (χ2n) is 10.8. The second kappa shape index (κ2) is 15.7. The quantitative estimate of drug-likeness (QED) is 0.0684. The molecular formula is C31H36O17. The van der Waals surface area contributed by atoms with Crippen molar-refractivity contribution in [2.24, 2.45) is 0 Å². The van der Waals surface area contributed by atoms with Gasteiger partial charge in [-0.3, -0.25) is 0 Å². The molecule has 9 atom stereocenters. The van der Waals surface area contributed by atoms with E-state index in [2.05, 4.69) is 0 Å². The van der Waals surface area contributed by atoms with Crippen LogP contribution in [0.15, 0.2) is 48.6 Å². The average molecular weight is 681 g/mol. The Hall–Kier alpha value is -4.30. The van der Waals surface area contributed by atoms with Crippen molar-refractivity contribution in [2.75, 3.05) is 26.9 Å². The smallest absolute Gasteiger partial charge is 0.331 e. The molecule has 0 saturated carbocycles. The lowest BCUT2D eigenvalue weighted by Crippen LogP contribution is -2.63. The molecule has 17 nitrogen and oxygen atoms in total. The fourth-order valence-corrected chi connectivity index (χ4v) is 4.91. The van der Waals surface area contributed by atoms with Crippen molar-refractivity contribution in [1.29, 1.82) is 0 Å². The molecule has 2 aromatic rings. The molecule has 2 saturated heterocycles. The molecule has 0 unspecified atom stereocenters. The molecule has 0 bridgehead atoms. The third-order valence-corrected chi connectivity index (χ3v) is 7.52. The topological polar surface area (TPSA) is 272 Å². The standard InChI is InChI=1S/C31H36O17/c1-43-20-11-16(3-7-18(20)35)5-9-24(38)46-29-26(40)21(12-32)47-31(29,14-33)48-30-28(42)27(41)25(39)22(45-30)13-44-23(37)8-4-15-2-6-17(34)19(36)10-15/h2-11,21-22,25-30,32-36,39-42H,12-14H2,1H3/t21-,22-,25-,26-,27+,28-,29+,30-,31+/m1/s1. The second-order valence-corrected chi connectivity index (χ2v) is 10.8. The van der Waals surface area contributed by atoms with Gasteiger partial charge in [0.05, 0.1) is 13.7 Å². The van der Waals surface area contributed by atoms with Gasteiger partial charge in [-0.25, -0.2) is 9.59 Å². The Morgan fingerprint density at radius 1 is 0.812 bits per heavy atom. The van der Waals surface area contributed by atoms with Gasteiger partial charge in [0.25, 0.3) is 0 Å². The molecule has 2 fully saturated rings. The number of phenols is 3. The summed E-state index contributed by atoms with van der Waals surface area (Å²) in [6.07, 6.45) is -9.85. The number of esters is 2. The number of rotatable bonds is 12. The third-order valence-electron chi connectivity index (χ3n) is 7.52. The van der Waals surface area contributed by atoms with Crippen LogP contribution in [0.3, 0.4) is 0 Å². The number of aliphatic hydroxyl groups excluding tert-OH is 6. The van der Waals surface area contributed by atoms with Crippen LogP contribution in [0.25, 0.3) is 12.2 Å². The summed E-state index contributed by atoms with van der Waals surface area (Å²) in [6, 6.07) is 7.99. The Labute approximate surface area is 272 Å². The number of carbonyl (C=O) groups excluding carboxylic acids is 2. The van der Waals surface area contributed by atoms with Crippen molar-refractivity contribution in [3.05, 3.63) is 59.7 Å². The molecule has 0 spiro atoms. The van der Waals surface area contributed by atoms with Crippen LogP contribution in [-0.4, -0.2) is 140 Å². The summed E-state index contributed by atoms with van der Waals surface area (Å²) in [5.41, 5.74) is 0.750. The largest absolute Gasteiger partial charge is 0.504 e. The predicted molar refractivity (Wildman–Crippen MR) is 159 cm³/mol. The Morgan fingerprint density at radius 3 is 2.08 bits per heavy atom. The monoisotopic (exact) mass is 680 g/mol. The van der Waals surface area contributed by atoms with Crippen LogP contribution < -0.4 is 4.74 Å². The molecule has 2 aliphatic heterocycles. The van der Waals surface area contributed by atoms with Gasteiger partial charge < -0.3 is 74.4 Å². The van der Waals surface area contributed by atoms with E-state index < -0.39 is 92.3 Å². The van der Waals surface area contributed by atoms with E-state index in [1.54, 1.807) is 0 Å². The minimum Gasteiger partial charge on any atom is -0.504 e.